The monoisotopic (exact) mass is 486 g/mol. The highest BCUT2D eigenvalue weighted by molar-refractivity contribution is 6.74. The van der Waals surface area contributed by atoms with Gasteiger partial charge in [0.1, 0.15) is 36.6 Å². The summed E-state index contributed by atoms with van der Waals surface area (Å²) < 4.78 is 31.9. The summed E-state index contributed by atoms with van der Waals surface area (Å²) in [4.78, 5) is 0. The van der Waals surface area contributed by atoms with E-state index in [0.29, 0.717) is 6.61 Å². The Balaban J connectivity index is 1.66. The number of hydrogen-bond acceptors (Lipinski definition) is 6. The summed E-state index contributed by atoms with van der Waals surface area (Å²) in [5.74, 6) is 0. The average molecular weight is 487 g/mol. The molecule has 7 heteroatoms. The fourth-order valence-electron chi connectivity index (χ4n) is 4.40. The van der Waals surface area contributed by atoms with Gasteiger partial charge in [-0.2, -0.15) is 0 Å². The van der Waals surface area contributed by atoms with Gasteiger partial charge in [0.15, 0.2) is 14.6 Å². The van der Waals surface area contributed by atoms with Crippen molar-refractivity contribution in [2.75, 3.05) is 13.7 Å². The van der Waals surface area contributed by atoms with E-state index >= 15 is 0 Å². The first-order valence-electron chi connectivity index (χ1n) is 12.0. The van der Waals surface area contributed by atoms with Gasteiger partial charge >= 0.3 is 0 Å². The first-order valence-corrected chi connectivity index (χ1v) is 14.9. The van der Waals surface area contributed by atoms with Crippen LogP contribution >= 0.6 is 0 Å². The zero-order valence-corrected chi connectivity index (χ0v) is 22.0. The number of ether oxygens (including phenoxy) is 4. The number of hydrogen-bond donors (Lipinski definition) is 1. The van der Waals surface area contributed by atoms with Gasteiger partial charge < -0.3 is 28.5 Å². The lowest BCUT2D eigenvalue weighted by molar-refractivity contribution is -0.337. The first-order chi connectivity index (χ1) is 16.1. The smallest absolute Gasteiger partial charge is 0.192 e. The second kappa shape index (κ2) is 10.2. The topological polar surface area (TPSA) is 66.4 Å². The van der Waals surface area contributed by atoms with Crippen LogP contribution in [0.4, 0.5) is 0 Å². The average Bonchev–Trinajstić information content (AvgIpc) is 2.83. The van der Waals surface area contributed by atoms with Crippen LogP contribution in [0.3, 0.4) is 0 Å². The van der Waals surface area contributed by atoms with Gasteiger partial charge in [0.2, 0.25) is 0 Å². The Morgan fingerprint density at radius 1 is 0.941 bits per heavy atom. The Bertz CT molecular complexity index is 916. The lowest BCUT2D eigenvalue weighted by Gasteiger charge is -2.52. The number of benzene rings is 2. The number of fused-ring (bicyclic) bond motifs is 1. The molecule has 0 radical (unpaired) electrons. The molecule has 2 aromatic carbocycles. The minimum Gasteiger partial charge on any atom is -0.408 e. The molecule has 2 aromatic rings. The minimum absolute atomic E-state index is 0.0203. The van der Waals surface area contributed by atoms with Crippen LogP contribution in [-0.4, -0.2) is 57.7 Å². The largest absolute Gasteiger partial charge is 0.408 e. The Morgan fingerprint density at radius 3 is 2.15 bits per heavy atom. The van der Waals surface area contributed by atoms with Gasteiger partial charge in [0, 0.05) is 12.7 Å². The molecule has 2 heterocycles. The van der Waals surface area contributed by atoms with Crippen molar-refractivity contribution in [2.24, 2.45) is 0 Å². The molecule has 0 bridgehead atoms. The van der Waals surface area contributed by atoms with E-state index in [-0.39, 0.29) is 11.1 Å². The van der Waals surface area contributed by atoms with Crippen LogP contribution < -0.4 is 0 Å². The van der Waals surface area contributed by atoms with Crippen LogP contribution in [0.5, 0.6) is 0 Å². The van der Waals surface area contributed by atoms with E-state index in [1.165, 1.54) is 0 Å². The molecule has 0 spiro atoms. The zero-order chi connectivity index (χ0) is 24.5. The lowest BCUT2D eigenvalue weighted by Crippen LogP contribution is -2.66. The fourth-order valence-corrected chi connectivity index (χ4v) is 5.71. The molecule has 4 rings (SSSR count). The first kappa shape index (κ1) is 25.5. The molecule has 2 aliphatic heterocycles. The van der Waals surface area contributed by atoms with E-state index in [2.05, 4.69) is 33.9 Å². The van der Waals surface area contributed by atoms with Gasteiger partial charge in [-0.25, -0.2) is 0 Å². The second-order valence-corrected chi connectivity index (χ2v) is 15.5. The summed E-state index contributed by atoms with van der Waals surface area (Å²) in [5, 5.41) is 11.4. The highest BCUT2D eigenvalue weighted by Gasteiger charge is 2.55. The predicted octanol–water partition coefficient (Wildman–Crippen LogP) is 5.01. The van der Waals surface area contributed by atoms with Crippen LogP contribution in [0.1, 0.15) is 44.3 Å². The molecule has 6 nitrogen and oxygen atoms in total. The minimum atomic E-state index is -2.23. The van der Waals surface area contributed by atoms with E-state index in [1.807, 2.05) is 60.7 Å². The molecule has 186 valence electrons. The van der Waals surface area contributed by atoms with Crippen molar-refractivity contribution in [3.8, 4) is 0 Å². The fraction of sp³-hybridized carbons (Fsp3) is 0.556. The van der Waals surface area contributed by atoms with Gasteiger partial charge in [-0.05, 0) is 23.7 Å². The van der Waals surface area contributed by atoms with Crippen molar-refractivity contribution in [3.63, 3.8) is 0 Å². The van der Waals surface area contributed by atoms with Gasteiger partial charge in [0.25, 0.3) is 0 Å². The van der Waals surface area contributed by atoms with Crippen molar-refractivity contribution < 1.29 is 28.5 Å². The molecule has 0 amide bonds. The van der Waals surface area contributed by atoms with Gasteiger partial charge in [0.05, 0.1) is 6.61 Å². The summed E-state index contributed by atoms with van der Waals surface area (Å²) in [6.07, 6.45) is -3.70. The standard InChI is InChI=1S/C27H38O6Si/c1-27(2,3)34(5,6)33-25-23(21(28)18-13-9-7-10-14-18)31-20-17-30-26(19-15-11-8-12-16-19)32-22(20)24(25)29-4/h7-16,20-26,28H,17H2,1-6H3/t20-,21+,22-,23+,24-,25-,26-/m1/s1. The highest BCUT2D eigenvalue weighted by atomic mass is 28.4. The summed E-state index contributed by atoms with van der Waals surface area (Å²) in [7, 11) is -0.556. The summed E-state index contributed by atoms with van der Waals surface area (Å²) in [5.41, 5.74) is 1.73. The maximum absolute atomic E-state index is 11.4. The second-order valence-electron chi connectivity index (χ2n) is 10.7. The third-order valence-electron chi connectivity index (χ3n) is 7.40. The highest BCUT2D eigenvalue weighted by Crippen LogP contribution is 2.44. The molecule has 0 unspecified atom stereocenters. The van der Waals surface area contributed by atoms with Gasteiger partial charge in [-0.1, -0.05) is 81.4 Å². The molecule has 2 saturated heterocycles. The van der Waals surface area contributed by atoms with Crippen molar-refractivity contribution in [1.82, 2.24) is 0 Å². The molecular formula is C27H38O6Si. The maximum atomic E-state index is 11.4. The van der Waals surface area contributed by atoms with E-state index in [1.54, 1.807) is 7.11 Å². The Kier molecular flexibility index (Phi) is 7.64. The van der Waals surface area contributed by atoms with Crippen LogP contribution in [0, 0.1) is 0 Å². The number of methoxy groups -OCH3 is 1. The molecular weight excluding hydrogens is 448 g/mol. The molecule has 0 aliphatic carbocycles. The van der Waals surface area contributed by atoms with Crippen LogP contribution in [-0.2, 0) is 23.4 Å². The summed E-state index contributed by atoms with van der Waals surface area (Å²) in [6.45, 7) is 11.4. The van der Waals surface area contributed by atoms with Crippen molar-refractivity contribution in [1.29, 1.82) is 0 Å². The van der Waals surface area contributed by atoms with Crippen LogP contribution in [0.25, 0.3) is 0 Å². The molecule has 1 N–H and O–H groups in total. The number of rotatable bonds is 6. The molecule has 7 atom stereocenters. The molecule has 34 heavy (non-hydrogen) atoms. The number of aliphatic hydroxyl groups is 1. The third kappa shape index (κ3) is 5.16. The van der Waals surface area contributed by atoms with E-state index in [0.717, 1.165) is 11.1 Å². The summed E-state index contributed by atoms with van der Waals surface area (Å²) in [6, 6.07) is 19.5. The van der Waals surface area contributed by atoms with Gasteiger partial charge in [-0.3, -0.25) is 0 Å². The van der Waals surface area contributed by atoms with E-state index in [4.69, 9.17) is 23.4 Å². The van der Waals surface area contributed by atoms with E-state index < -0.39 is 45.1 Å². The molecule has 0 aromatic heterocycles. The Morgan fingerprint density at radius 2 is 1.56 bits per heavy atom. The summed E-state index contributed by atoms with van der Waals surface area (Å²) >= 11 is 0. The number of aliphatic hydroxyl groups excluding tert-OH is 1. The SMILES string of the molecule is CO[C@H]1[C@H](O[Si](C)(C)C(C)(C)C)[C@H]([C@@H](O)c2ccccc2)O[C@@H]2CO[C@@H](c3ccccc3)O[C@@H]12. The quantitative estimate of drug-likeness (QED) is 0.579. The third-order valence-corrected chi connectivity index (χ3v) is 11.9. The lowest BCUT2D eigenvalue weighted by atomic mass is 9.89. The van der Waals surface area contributed by atoms with E-state index in [9.17, 15) is 5.11 Å². The Labute approximate surface area is 204 Å². The Hall–Kier alpha value is -1.58. The predicted molar refractivity (Wildman–Crippen MR) is 133 cm³/mol. The zero-order valence-electron chi connectivity index (χ0n) is 21.0. The van der Waals surface area contributed by atoms with Crippen molar-refractivity contribution in [2.45, 2.75) is 81.8 Å². The molecule has 2 fully saturated rings. The van der Waals surface area contributed by atoms with Crippen molar-refractivity contribution >= 4 is 8.32 Å². The van der Waals surface area contributed by atoms with Crippen LogP contribution in [0.15, 0.2) is 60.7 Å². The van der Waals surface area contributed by atoms with Crippen LogP contribution in [0.2, 0.25) is 18.1 Å². The molecule has 2 aliphatic rings. The van der Waals surface area contributed by atoms with Crippen molar-refractivity contribution in [3.05, 3.63) is 71.8 Å². The maximum Gasteiger partial charge on any atom is 0.192 e. The molecule has 0 saturated carbocycles. The normalized spacial score (nSPS) is 31.0. The van der Waals surface area contributed by atoms with Gasteiger partial charge in [-0.15, -0.1) is 0 Å².